The van der Waals surface area contributed by atoms with Gasteiger partial charge in [-0.3, -0.25) is 0 Å². The Labute approximate surface area is 86.4 Å². The zero-order chi connectivity index (χ0) is 9.42. The van der Waals surface area contributed by atoms with Crippen molar-refractivity contribution in [1.29, 1.82) is 0 Å². The fraction of sp³-hybridized carbons (Fsp3) is 0.200. The highest BCUT2D eigenvalue weighted by atomic mass is 32.1. The molecule has 1 aromatic carbocycles. The highest BCUT2D eigenvalue weighted by Gasteiger charge is 2.08. The molecular formula is C10H10OS2. The number of hydrogen-bond donors (Lipinski definition) is 2. The summed E-state index contributed by atoms with van der Waals surface area (Å²) in [5.41, 5.74) is 1.00. The van der Waals surface area contributed by atoms with Gasteiger partial charge in [0.25, 0.3) is 0 Å². The molecule has 0 aliphatic heterocycles. The molecule has 0 saturated carbocycles. The maximum atomic E-state index is 9.84. The third kappa shape index (κ3) is 1.32. The maximum absolute atomic E-state index is 9.84. The van der Waals surface area contributed by atoms with E-state index in [1.54, 1.807) is 11.3 Å². The monoisotopic (exact) mass is 210 g/mol. The van der Waals surface area contributed by atoms with Crippen LogP contribution in [0.1, 0.15) is 12.5 Å². The summed E-state index contributed by atoms with van der Waals surface area (Å²) in [7, 11) is 0. The van der Waals surface area contributed by atoms with Crippen molar-refractivity contribution in [2.75, 3.05) is 0 Å². The average Bonchev–Trinajstić information content (AvgIpc) is 2.50. The Bertz CT molecular complexity index is 445. The molecule has 0 fully saturated rings. The summed E-state index contributed by atoms with van der Waals surface area (Å²) in [5, 5.41) is 12.8. The molecule has 0 amide bonds. The van der Waals surface area contributed by atoms with E-state index >= 15 is 0 Å². The van der Waals surface area contributed by atoms with Crippen molar-refractivity contribution in [2.24, 2.45) is 0 Å². The fourth-order valence-electron chi connectivity index (χ4n) is 1.40. The van der Waals surface area contributed by atoms with Crippen LogP contribution in [-0.4, -0.2) is 5.11 Å². The lowest BCUT2D eigenvalue weighted by Gasteiger charge is -2.01. The molecule has 0 aliphatic rings. The number of aryl methyl sites for hydroxylation is 1. The molecule has 0 aliphatic carbocycles. The van der Waals surface area contributed by atoms with E-state index in [1.807, 2.05) is 24.4 Å². The van der Waals surface area contributed by atoms with Crippen molar-refractivity contribution < 1.29 is 5.11 Å². The first-order chi connectivity index (χ1) is 6.24. The van der Waals surface area contributed by atoms with E-state index in [4.69, 9.17) is 0 Å². The highest BCUT2D eigenvalue weighted by Crippen LogP contribution is 2.37. The first-order valence-electron chi connectivity index (χ1n) is 4.15. The summed E-state index contributed by atoms with van der Waals surface area (Å²) in [6.45, 7) is 2.04. The molecular weight excluding hydrogens is 200 g/mol. The van der Waals surface area contributed by atoms with Gasteiger partial charge >= 0.3 is 0 Å². The summed E-state index contributed by atoms with van der Waals surface area (Å²) in [6.07, 6.45) is 0.863. The summed E-state index contributed by atoms with van der Waals surface area (Å²) in [6, 6.07) is 3.98. The van der Waals surface area contributed by atoms with Crippen LogP contribution in [0.3, 0.4) is 0 Å². The van der Waals surface area contributed by atoms with Gasteiger partial charge in [0.2, 0.25) is 0 Å². The SMILES string of the molecule is CCc1ccc2c(S)csc2c1O. The summed E-state index contributed by atoms with van der Waals surface area (Å²) >= 11 is 5.86. The van der Waals surface area contributed by atoms with Crippen LogP contribution in [0.2, 0.25) is 0 Å². The van der Waals surface area contributed by atoms with Gasteiger partial charge in [0.05, 0.1) is 4.70 Å². The molecule has 1 N–H and O–H groups in total. The number of benzene rings is 1. The largest absolute Gasteiger partial charge is 0.506 e. The lowest BCUT2D eigenvalue weighted by molar-refractivity contribution is 0.476. The molecule has 1 heterocycles. The first kappa shape index (κ1) is 8.91. The molecule has 2 rings (SSSR count). The lowest BCUT2D eigenvalue weighted by Crippen LogP contribution is -1.80. The van der Waals surface area contributed by atoms with Crippen LogP contribution in [-0.2, 0) is 6.42 Å². The third-order valence-electron chi connectivity index (χ3n) is 2.16. The molecule has 3 heteroatoms. The van der Waals surface area contributed by atoms with Crippen LogP contribution in [0.15, 0.2) is 22.4 Å². The Morgan fingerprint density at radius 1 is 1.46 bits per heavy atom. The zero-order valence-electron chi connectivity index (χ0n) is 7.24. The van der Waals surface area contributed by atoms with Crippen LogP contribution >= 0.6 is 24.0 Å². The Morgan fingerprint density at radius 3 is 2.92 bits per heavy atom. The van der Waals surface area contributed by atoms with E-state index in [0.717, 1.165) is 27.0 Å². The van der Waals surface area contributed by atoms with Gasteiger partial charge in [-0.15, -0.1) is 24.0 Å². The van der Waals surface area contributed by atoms with Crippen molar-refractivity contribution in [3.63, 3.8) is 0 Å². The topological polar surface area (TPSA) is 20.2 Å². The van der Waals surface area contributed by atoms with E-state index in [-0.39, 0.29) is 0 Å². The van der Waals surface area contributed by atoms with Gasteiger partial charge in [-0.2, -0.15) is 0 Å². The number of thiol groups is 1. The van der Waals surface area contributed by atoms with Crippen molar-refractivity contribution in [2.45, 2.75) is 18.2 Å². The smallest absolute Gasteiger partial charge is 0.136 e. The number of rotatable bonds is 1. The van der Waals surface area contributed by atoms with Gasteiger partial charge in [-0.05, 0) is 12.0 Å². The second-order valence-corrected chi connectivity index (χ2v) is 4.29. The molecule has 68 valence electrons. The van der Waals surface area contributed by atoms with E-state index in [9.17, 15) is 5.11 Å². The Kier molecular flexibility index (Phi) is 2.22. The van der Waals surface area contributed by atoms with Gasteiger partial charge in [0.15, 0.2) is 0 Å². The predicted molar refractivity (Wildman–Crippen MR) is 60.1 cm³/mol. The Hall–Kier alpha value is -0.670. The summed E-state index contributed by atoms with van der Waals surface area (Å²) < 4.78 is 0.948. The number of phenolic OH excluding ortho intramolecular Hbond substituents is 1. The number of thiophene rings is 1. The summed E-state index contributed by atoms with van der Waals surface area (Å²) in [5.74, 6) is 0.422. The van der Waals surface area contributed by atoms with E-state index in [0.29, 0.717) is 5.75 Å². The van der Waals surface area contributed by atoms with E-state index in [2.05, 4.69) is 12.6 Å². The van der Waals surface area contributed by atoms with Crippen LogP contribution in [0.4, 0.5) is 0 Å². The third-order valence-corrected chi connectivity index (χ3v) is 3.71. The molecule has 0 atom stereocenters. The van der Waals surface area contributed by atoms with E-state index in [1.165, 1.54) is 0 Å². The molecule has 2 aromatic rings. The number of hydrogen-bond acceptors (Lipinski definition) is 3. The van der Waals surface area contributed by atoms with Gasteiger partial charge in [-0.25, -0.2) is 0 Å². The molecule has 0 spiro atoms. The minimum absolute atomic E-state index is 0.422. The number of aromatic hydroxyl groups is 1. The quantitative estimate of drug-likeness (QED) is 0.691. The Balaban J connectivity index is 2.80. The molecule has 1 aromatic heterocycles. The van der Waals surface area contributed by atoms with Gasteiger partial charge in [0, 0.05) is 15.7 Å². The van der Waals surface area contributed by atoms with Crippen LogP contribution in [0.5, 0.6) is 5.75 Å². The molecule has 0 unspecified atom stereocenters. The van der Waals surface area contributed by atoms with Gasteiger partial charge in [0.1, 0.15) is 5.75 Å². The van der Waals surface area contributed by atoms with Gasteiger partial charge in [-0.1, -0.05) is 19.1 Å². The average molecular weight is 210 g/mol. The van der Waals surface area contributed by atoms with Crippen LogP contribution in [0, 0.1) is 0 Å². The first-order valence-corrected chi connectivity index (χ1v) is 5.47. The summed E-state index contributed by atoms with van der Waals surface area (Å²) in [4.78, 5) is 0.943. The van der Waals surface area contributed by atoms with Crippen molar-refractivity contribution >= 4 is 34.1 Å². The predicted octanol–water partition coefficient (Wildman–Crippen LogP) is 3.46. The highest BCUT2D eigenvalue weighted by molar-refractivity contribution is 7.80. The number of phenols is 1. The van der Waals surface area contributed by atoms with Crippen molar-refractivity contribution in [3.8, 4) is 5.75 Å². The fourth-order valence-corrected chi connectivity index (χ4v) is 2.72. The minimum atomic E-state index is 0.422. The molecule has 0 saturated heterocycles. The van der Waals surface area contributed by atoms with E-state index < -0.39 is 0 Å². The molecule has 0 radical (unpaired) electrons. The van der Waals surface area contributed by atoms with Crippen molar-refractivity contribution in [1.82, 2.24) is 0 Å². The van der Waals surface area contributed by atoms with Crippen LogP contribution in [0.25, 0.3) is 10.1 Å². The lowest BCUT2D eigenvalue weighted by atomic mass is 10.1. The minimum Gasteiger partial charge on any atom is -0.506 e. The second kappa shape index (κ2) is 3.24. The van der Waals surface area contributed by atoms with Crippen molar-refractivity contribution in [3.05, 3.63) is 23.1 Å². The molecule has 0 bridgehead atoms. The second-order valence-electron chi connectivity index (χ2n) is 2.92. The molecule has 1 nitrogen and oxygen atoms in total. The normalized spacial score (nSPS) is 10.9. The Morgan fingerprint density at radius 2 is 2.23 bits per heavy atom. The standard InChI is InChI=1S/C10H10OS2/c1-2-6-3-4-7-8(12)5-13-10(7)9(6)11/h3-5,11-12H,2H2,1H3. The number of fused-ring (bicyclic) bond motifs is 1. The maximum Gasteiger partial charge on any atom is 0.136 e. The molecule has 13 heavy (non-hydrogen) atoms. The zero-order valence-corrected chi connectivity index (χ0v) is 8.95. The van der Waals surface area contributed by atoms with Crippen LogP contribution < -0.4 is 0 Å². The van der Waals surface area contributed by atoms with Gasteiger partial charge < -0.3 is 5.11 Å².